The van der Waals surface area contributed by atoms with Crippen LogP contribution in [0.25, 0.3) is 0 Å². The Morgan fingerprint density at radius 2 is 2.25 bits per heavy atom. The molecule has 0 aromatic carbocycles. The van der Waals surface area contributed by atoms with Crippen LogP contribution in [0.3, 0.4) is 0 Å². The van der Waals surface area contributed by atoms with Crippen molar-refractivity contribution in [3.05, 3.63) is 0 Å². The van der Waals surface area contributed by atoms with Crippen molar-refractivity contribution in [1.29, 1.82) is 0 Å². The van der Waals surface area contributed by atoms with Gasteiger partial charge in [0.2, 0.25) is 0 Å². The first-order chi connectivity index (χ1) is 5.76. The summed E-state index contributed by atoms with van der Waals surface area (Å²) in [6.45, 7) is 4.41. The van der Waals surface area contributed by atoms with E-state index in [1.165, 1.54) is 0 Å². The van der Waals surface area contributed by atoms with Crippen LogP contribution in [-0.4, -0.2) is 18.6 Å². The van der Waals surface area contributed by atoms with Crippen LogP contribution >= 0.6 is 11.8 Å². The van der Waals surface area contributed by atoms with Crippen molar-refractivity contribution in [1.82, 2.24) is 4.84 Å². The first-order valence-electron chi connectivity index (χ1n) is 4.29. The maximum Gasteiger partial charge on any atom is 0.324 e. The summed E-state index contributed by atoms with van der Waals surface area (Å²) in [5.74, 6) is -0.263. The van der Waals surface area contributed by atoms with Gasteiger partial charge < -0.3 is 4.74 Å². The molecule has 0 aliphatic heterocycles. The van der Waals surface area contributed by atoms with E-state index in [4.69, 9.17) is 16.5 Å². The van der Waals surface area contributed by atoms with Crippen molar-refractivity contribution in [2.24, 2.45) is 0 Å². The van der Waals surface area contributed by atoms with Crippen LogP contribution in [0.5, 0.6) is 0 Å². The van der Waals surface area contributed by atoms with Crippen LogP contribution in [0.1, 0.15) is 33.1 Å². The molecule has 0 unspecified atom stereocenters. The molecular weight excluding hydrogens is 178 g/mol. The molecule has 0 aromatic heterocycles. The predicted octanol–water partition coefficient (Wildman–Crippen LogP) is 1.85. The average molecular weight is 194 g/mol. The van der Waals surface area contributed by atoms with Crippen LogP contribution in [0.2, 0.25) is 0 Å². The van der Waals surface area contributed by atoms with Gasteiger partial charge in [0, 0.05) is 0 Å². The molecular formula is C8H16ClNO2. The number of unbranched alkanes of at least 4 members (excludes halogenated alkanes) is 1. The molecule has 0 aliphatic carbocycles. The van der Waals surface area contributed by atoms with E-state index in [9.17, 15) is 4.79 Å². The fraction of sp³-hybridized carbons (Fsp3) is 0.875. The van der Waals surface area contributed by atoms with E-state index in [1.54, 1.807) is 0 Å². The van der Waals surface area contributed by atoms with E-state index in [-0.39, 0.29) is 12.0 Å². The molecule has 0 radical (unpaired) electrons. The Morgan fingerprint density at radius 1 is 1.58 bits per heavy atom. The minimum Gasteiger partial charge on any atom is -0.464 e. The van der Waals surface area contributed by atoms with Crippen LogP contribution in [-0.2, 0) is 9.53 Å². The maximum absolute atomic E-state index is 11.1. The molecule has 0 heterocycles. The monoisotopic (exact) mass is 193 g/mol. The van der Waals surface area contributed by atoms with Gasteiger partial charge in [-0.25, -0.2) is 4.84 Å². The largest absolute Gasteiger partial charge is 0.464 e. The first-order valence-corrected chi connectivity index (χ1v) is 4.66. The van der Waals surface area contributed by atoms with Crippen LogP contribution in [0, 0.1) is 0 Å². The third-order valence-electron chi connectivity index (χ3n) is 1.57. The summed E-state index contributed by atoms with van der Waals surface area (Å²) in [4.78, 5) is 13.5. The lowest BCUT2D eigenvalue weighted by molar-refractivity contribution is -0.145. The number of hydrogen-bond donors (Lipinski definition) is 1. The van der Waals surface area contributed by atoms with E-state index < -0.39 is 0 Å². The Bertz CT molecular complexity index is 126. The molecule has 0 aliphatic rings. The molecule has 0 spiro atoms. The fourth-order valence-electron chi connectivity index (χ4n) is 0.706. The number of carbonyl (C=O) groups is 1. The number of rotatable bonds is 6. The Kier molecular flexibility index (Phi) is 7.20. The van der Waals surface area contributed by atoms with Gasteiger partial charge in [0.15, 0.2) is 0 Å². The van der Waals surface area contributed by atoms with Crippen molar-refractivity contribution in [3.8, 4) is 0 Å². The molecule has 4 heteroatoms. The fourth-order valence-corrected chi connectivity index (χ4v) is 0.949. The minimum absolute atomic E-state index is 0.263. The van der Waals surface area contributed by atoms with Crippen molar-refractivity contribution in [3.63, 3.8) is 0 Å². The zero-order chi connectivity index (χ0) is 9.40. The Hall–Kier alpha value is -0.280. The van der Waals surface area contributed by atoms with Crippen molar-refractivity contribution in [2.45, 2.75) is 39.2 Å². The molecule has 0 fully saturated rings. The summed E-state index contributed by atoms with van der Waals surface area (Å²) in [6, 6.07) is -0.372. The summed E-state index contributed by atoms with van der Waals surface area (Å²) < 4.78 is 4.94. The van der Waals surface area contributed by atoms with Gasteiger partial charge >= 0.3 is 5.97 Å². The SMILES string of the molecule is CCCCOC(=O)[C@H](CC)NCl. The van der Waals surface area contributed by atoms with Gasteiger partial charge in [-0.1, -0.05) is 20.3 Å². The topological polar surface area (TPSA) is 38.3 Å². The normalized spacial score (nSPS) is 12.6. The summed E-state index contributed by atoms with van der Waals surface area (Å²) in [6.07, 6.45) is 2.58. The molecule has 1 atom stereocenters. The predicted molar refractivity (Wildman–Crippen MR) is 48.9 cm³/mol. The third kappa shape index (κ3) is 4.57. The Labute approximate surface area is 78.5 Å². The number of halogens is 1. The van der Waals surface area contributed by atoms with Crippen molar-refractivity contribution < 1.29 is 9.53 Å². The summed E-state index contributed by atoms with van der Waals surface area (Å²) in [5, 5.41) is 0. The lowest BCUT2D eigenvalue weighted by Gasteiger charge is -2.10. The minimum atomic E-state index is -0.372. The van der Waals surface area contributed by atoms with Crippen LogP contribution in [0.15, 0.2) is 0 Å². The van der Waals surface area contributed by atoms with E-state index in [0.29, 0.717) is 13.0 Å². The van der Waals surface area contributed by atoms with Crippen LogP contribution in [0.4, 0.5) is 0 Å². The number of ether oxygens (including phenoxy) is 1. The average Bonchev–Trinajstić information content (AvgIpc) is 2.07. The molecule has 0 bridgehead atoms. The third-order valence-corrected chi connectivity index (χ3v) is 1.83. The summed E-state index contributed by atoms with van der Waals surface area (Å²) >= 11 is 5.32. The molecule has 0 saturated carbocycles. The number of carbonyl (C=O) groups excluding carboxylic acids is 1. The lowest BCUT2D eigenvalue weighted by atomic mass is 10.2. The van der Waals surface area contributed by atoms with Crippen LogP contribution < -0.4 is 4.84 Å². The molecule has 0 amide bonds. The Balaban J connectivity index is 3.54. The van der Waals surface area contributed by atoms with Gasteiger partial charge in [-0.05, 0) is 24.6 Å². The number of nitrogens with one attached hydrogen (secondary N) is 1. The maximum atomic E-state index is 11.1. The van der Waals surface area contributed by atoms with Gasteiger partial charge in [-0.15, -0.1) is 0 Å². The highest BCUT2D eigenvalue weighted by molar-refractivity contribution is 6.14. The van der Waals surface area contributed by atoms with Crippen molar-refractivity contribution >= 4 is 17.7 Å². The highest BCUT2D eigenvalue weighted by Gasteiger charge is 2.15. The standard InChI is InChI=1S/C8H16ClNO2/c1-3-5-6-12-8(11)7(4-2)10-9/h7,10H,3-6H2,1-2H3/t7-/m0/s1. The zero-order valence-corrected chi connectivity index (χ0v) is 8.36. The second kappa shape index (κ2) is 7.37. The summed E-state index contributed by atoms with van der Waals surface area (Å²) in [5.41, 5.74) is 0. The number of esters is 1. The molecule has 0 aromatic rings. The van der Waals surface area contributed by atoms with Gasteiger partial charge in [0.1, 0.15) is 6.04 Å². The molecule has 12 heavy (non-hydrogen) atoms. The van der Waals surface area contributed by atoms with Gasteiger partial charge in [0.05, 0.1) is 6.61 Å². The summed E-state index contributed by atoms with van der Waals surface area (Å²) in [7, 11) is 0. The smallest absolute Gasteiger partial charge is 0.324 e. The van der Waals surface area contributed by atoms with E-state index in [1.807, 2.05) is 13.8 Å². The highest BCUT2D eigenvalue weighted by atomic mass is 35.5. The van der Waals surface area contributed by atoms with E-state index in [0.717, 1.165) is 12.8 Å². The van der Waals surface area contributed by atoms with E-state index >= 15 is 0 Å². The molecule has 1 N–H and O–H groups in total. The first kappa shape index (κ1) is 11.7. The molecule has 0 rings (SSSR count). The molecule has 3 nitrogen and oxygen atoms in total. The van der Waals surface area contributed by atoms with Gasteiger partial charge in [0.25, 0.3) is 0 Å². The lowest BCUT2D eigenvalue weighted by Crippen LogP contribution is -2.32. The molecule has 0 saturated heterocycles. The zero-order valence-electron chi connectivity index (χ0n) is 7.60. The second-order valence-corrected chi connectivity index (χ2v) is 2.81. The number of hydrogen-bond acceptors (Lipinski definition) is 3. The van der Waals surface area contributed by atoms with Gasteiger partial charge in [-0.3, -0.25) is 4.79 Å². The quantitative estimate of drug-likeness (QED) is 0.398. The molecule has 72 valence electrons. The van der Waals surface area contributed by atoms with Crippen molar-refractivity contribution in [2.75, 3.05) is 6.61 Å². The highest BCUT2D eigenvalue weighted by Crippen LogP contribution is 1.97. The van der Waals surface area contributed by atoms with E-state index in [2.05, 4.69) is 4.84 Å². The second-order valence-electron chi connectivity index (χ2n) is 2.59. The van der Waals surface area contributed by atoms with Gasteiger partial charge in [-0.2, -0.15) is 0 Å². The Morgan fingerprint density at radius 3 is 2.67 bits per heavy atom.